The van der Waals surface area contributed by atoms with Gasteiger partial charge < -0.3 is 10.2 Å². The lowest BCUT2D eigenvalue weighted by Gasteiger charge is -2.32. The van der Waals surface area contributed by atoms with Crippen LogP contribution in [0.15, 0.2) is 72.8 Å². The predicted octanol–water partition coefficient (Wildman–Crippen LogP) is 6.09. The molecule has 3 rings (SSSR count). The second-order valence-corrected chi connectivity index (χ2v) is 9.75. The van der Waals surface area contributed by atoms with Crippen molar-refractivity contribution in [3.8, 4) is 0 Å². The second kappa shape index (κ2) is 12.7. The quantitative estimate of drug-likeness (QED) is 0.356. The van der Waals surface area contributed by atoms with E-state index in [0.29, 0.717) is 34.1 Å². The zero-order valence-corrected chi connectivity index (χ0v) is 21.3. The van der Waals surface area contributed by atoms with Crippen LogP contribution in [-0.4, -0.2) is 29.3 Å². The van der Waals surface area contributed by atoms with Gasteiger partial charge in [0.25, 0.3) is 0 Å². The Kier molecular flexibility index (Phi) is 9.70. The molecule has 7 heteroatoms. The molecule has 0 saturated carbocycles. The first kappa shape index (κ1) is 26.7. The van der Waals surface area contributed by atoms with Gasteiger partial charge in [0, 0.05) is 29.6 Å². The number of rotatable bonds is 10. The molecule has 0 aliphatic heterocycles. The van der Waals surface area contributed by atoms with E-state index in [1.807, 2.05) is 44.2 Å². The van der Waals surface area contributed by atoms with Crippen LogP contribution in [0.3, 0.4) is 0 Å². The van der Waals surface area contributed by atoms with Gasteiger partial charge in [0.1, 0.15) is 11.9 Å². The Hall–Kier alpha value is -2.89. The van der Waals surface area contributed by atoms with Crippen LogP contribution in [0.1, 0.15) is 30.5 Å². The van der Waals surface area contributed by atoms with Crippen LogP contribution in [0.4, 0.5) is 4.39 Å². The molecule has 3 aromatic carbocycles. The average Bonchev–Trinajstić information content (AvgIpc) is 2.83. The highest BCUT2D eigenvalue weighted by molar-refractivity contribution is 6.35. The van der Waals surface area contributed by atoms with E-state index in [1.165, 1.54) is 12.1 Å². The Morgan fingerprint density at radius 2 is 1.63 bits per heavy atom. The minimum Gasteiger partial charge on any atom is -0.354 e. The Labute approximate surface area is 216 Å². The van der Waals surface area contributed by atoms with Crippen LogP contribution >= 0.6 is 23.2 Å². The Bertz CT molecular complexity index is 1140. The maximum Gasteiger partial charge on any atom is 0.243 e. The first-order valence-electron chi connectivity index (χ1n) is 11.5. The summed E-state index contributed by atoms with van der Waals surface area (Å²) in [6.07, 6.45) is 0.360. The molecule has 1 unspecified atom stereocenters. The van der Waals surface area contributed by atoms with E-state index < -0.39 is 6.04 Å². The standard InChI is InChI=1S/C28H29Cl2FN2O2/c1-19(2)17-32-28(35)26(14-20-6-4-3-5-7-20)33(18-22-10-11-23(29)16-25(22)30)27(34)15-21-8-12-24(31)13-9-21/h3-13,16,19,26H,14-15,17-18H2,1-2H3,(H,32,35). The van der Waals surface area contributed by atoms with Crippen molar-refractivity contribution in [1.29, 1.82) is 0 Å². The lowest BCUT2D eigenvalue weighted by atomic mass is 10.0. The molecular weight excluding hydrogens is 486 g/mol. The van der Waals surface area contributed by atoms with E-state index in [2.05, 4.69) is 5.32 Å². The summed E-state index contributed by atoms with van der Waals surface area (Å²) in [5.41, 5.74) is 2.27. The fourth-order valence-electron chi connectivity index (χ4n) is 3.69. The number of halogens is 3. The van der Waals surface area contributed by atoms with Gasteiger partial charge in [-0.2, -0.15) is 0 Å². The van der Waals surface area contributed by atoms with Crippen molar-refractivity contribution in [1.82, 2.24) is 10.2 Å². The van der Waals surface area contributed by atoms with E-state index in [4.69, 9.17) is 23.2 Å². The highest BCUT2D eigenvalue weighted by Gasteiger charge is 2.31. The van der Waals surface area contributed by atoms with Crippen LogP contribution in [0.25, 0.3) is 0 Å². The largest absolute Gasteiger partial charge is 0.354 e. The number of hydrogen-bond donors (Lipinski definition) is 1. The lowest BCUT2D eigenvalue weighted by Crippen LogP contribution is -2.51. The summed E-state index contributed by atoms with van der Waals surface area (Å²) in [5, 5.41) is 3.88. The summed E-state index contributed by atoms with van der Waals surface area (Å²) in [6.45, 7) is 4.64. The molecule has 3 aromatic rings. The number of benzene rings is 3. The van der Waals surface area contributed by atoms with Gasteiger partial charge in [-0.05, 0) is 46.9 Å². The Morgan fingerprint density at radius 1 is 0.943 bits per heavy atom. The van der Waals surface area contributed by atoms with Gasteiger partial charge in [0.05, 0.1) is 6.42 Å². The molecule has 184 valence electrons. The summed E-state index contributed by atoms with van der Waals surface area (Å²) in [6, 6.07) is 19.7. The van der Waals surface area contributed by atoms with Crippen LogP contribution in [0.2, 0.25) is 10.0 Å². The third-order valence-corrected chi connectivity index (χ3v) is 6.17. The zero-order chi connectivity index (χ0) is 25.4. The number of carbonyl (C=O) groups is 2. The van der Waals surface area contributed by atoms with Crippen molar-refractivity contribution in [2.45, 2.75) is 39.3 Å². The van der Waals surface area contributed by atoms with Crippen molar-refractivity contribution in [3.63, 3.8) is 0 Å². The van der Waals surface area contributed by atoms with Gasteiger partial charge in [0.15, 0.2) is 0 Å². The fourth-order valence-corrected chi connectivity index (χ4v) is 4.16. The van der Waals surface area contributed by atoms with E-state index >= 15 is 0 Å². The van der Waals surface area contributed by atoms with E-state index in [1.54, 1.807) is 35.2 Å². The number of carbonyl (C=O) groups excluding carboxylic acids is 2. The molecule has 1 N–H and O–H groups in total. The molecule has 0 aliphatic rings. The maximum atomic E-state index is 13.6. The summed E-state index contributed by atoms with van der Waals surface area (Å²) in [5.74, 6) is -0.616. The first-order valence-corrected chi connectivity index (χ1v) is 12.3. The Morgan fingerprint density at radius 3 is 2.26 bits per heavy atom. The Balaban J connectivity index is 1.97. The lowest BCUT2D eigenvalue weighted by molar-refractivity contribution is -0.140. The fraction of sp³-hybridized carbons (Fsp3) is 0.286. The van der Waals surface area contributed by atoms with Crippen molar-refractivity contribution in [2.24, 2.45) is 5.92 Å². The van der Waals surface area contributed by atoms with E-state index in [9.17, 15) is 14.0 Å². The molecule has 0 saturated heterocycles. The van der Waals surface area contributed by atoms with Gasteiger partial charge in [-0.3, -0.25) is 9.59 Å². The van der Waals surface area contributed by atoms with Crippen LogP contribution in [-0.2, 0) is 29.0 Å². The molecule has 4 nitrogen and oxygen atoms in total. The molecular formula is C28H29Cl2FN2O2. The second-order valence-electron chi connectivity index (χ2n) is 8.91. The molecule has 0 bridgehead atoms. The van der Waals surface area contributed by atoms with Gasteiger partial charge in [-0.1, -0.05) is 85.6 Å². The zero-order valence-electron chi connectivity index (χ0n) is 19.8. The SMILES string of the molecule is CC(C)CNC(=O)C(Cc1ccccc1)N(Cc1ccc(Cl)cc1Cl)C(=O)Cc1ccc(F)cc1. The van der Waals surface area contributed by atoms with Gasteiger partial charge in [0.2, 0.25) is 11.8 Å². The molecule has 0 aromatic heterocycles. The molecule has 0 aliphatic carbocycles. The highest BCUT2D eigenvalue weighted by atomic mass is 35.5. The van der Waals surface area contributed by atoms with E-state index in [-0.39, 0.29) is 36.5 Å². The predicted molar refractivity (Wildman–Crippen MR) is 139 cm³/mol. The number of nitrogens with zero attached hydrogens (tertiary/aromatic N) is 1. The summed E-state index contributed by atoms with van der Waals surface area (Å²) >= 11 is 12.5. The van der Waals surface area contributed by atoms with Gasteiger partial charge in [-0.25, -0.2) is 4.39 Å². The smallest absolute Gasteiger partial charge is 0.243 e. The minimum atomic E-state index is -0.768. The van der Waals surface area contributed by atoms with Crippen molar-refractivity contribution in [3.05, 3.63) is 105 Å². The summed E-state index contributed by atoms with van der Waals surface area (Å²) in [7, 11) is 0. The minimum absolute atomic E-state index is 0.0221. The van der Waals surface area contributed by atoms with E-state index in [0.717, 1.165) is 5.56 Å². The van der Waals surface area contributed by atoms with Gasteiger partial charge >= 0.3 is 0 Å². The molecule has 2 amide bonds. The third kappa shape index (κ3) is 8.08. The highest BCUT2D eigenvalue weighted by Crippen LogP contribution is 2.24. The summed E-state index contributed by atoms with van der Waals surface area (Å²) < 4.78 is 13.4. The van der Waals surface area contributed by atoms with Crippen molar-refractivity contribution < 1.29 is 14.0 Å². The molecule has 0 radical (unpaired) electrons. The van der Waals surface area contributed by atoms with Crippen molar-refractivity contribution >= 4 is 35.0 Å². The topological polar surface area (TPSA) is 49.4 Å². The van der Waals surface area contributed by atoms with Crippen molar-refractivity contribution in [2.75, 3.05) is 6.54 Å². The van der Waals surface area contributed by atoms with Crippen LogP contribution in [0.5, 0.6) is 0 Å². The molecule has 35 heavy (non-hydrogen) atoms. The van der Waals surface area contributed by atoms with Crippen LogP contribution < -0.4 is 5.32 Å². The normalized spacial score (nSPS) is 11.8. The molecule has 0 spiro atoms. The maximum absolute atomic E-state index is 13.6. The van der Waals surface area contributed by atoms with Crippen LogP contribution in [0, 0.1) is 11.7 Å². The first-order chi connectivity index (χ1) is 16.7. The summed E-state index contributed by atoms with van der Waals surface area (Å²) in [4.78, 5) is 28.6. The number of amides is 2. The number of hydrogen-bond acceptors (Lipinski definition) is 2. The van der Waals surface area contributed by atoms with Gasteiger partial charge in [-0.15, -0.1) is 0 Å². The number of nitrogens with one attached hydrogen (secondary N) is 1. The third-order valence-electron chi connectivity index (χ3n) is 5.58. The molecule has 1 atom stereocenters. The monoisotopic (exact) mass is 514 g/mol. The molecule has 0 fully saturated rings. The average molecular weight is 515 g/mol. The molecule has 0 heterocycles.